The van der Waals surface area contributed by atoms with Crippen LogP contribution in [0.4, 0.5) is 0 Å². The quantitative estimate of drug-likeness (QED) is 0.187. The SMILES string of the molecule is CCOC(=O)CC(=O)NCCC[Si](O)(O)O. The number of carbonyl (C=O) groups excluding carboxylic acids is 2. The minimum absolute atomic E-state index is 0.146. The first-order chi connectivity index (χ1) is 7.35. The van der Waals surface area contributed by atoms with Crippen molar-refractivity contribution in [2.24, 2.45) is 0 Å². The van der Waals surface area contributed by atoms with E-state index in [1.807, 2.05) is 0 Å². The molecule has 0 heterocycles. The summed E-state index contributed by atoms with van der Waals surface area (Å²) >= 11 is 0. The Hall–Kier alpha value is -0.963. The third kappa shape index (κ3) is 9.59. The molecule has 94 valence electrons. The molecule has 0 rings (SSSR count). The van der Waals surface area contributed by atoms with Gasteiger partial charge in [-0.05, 0) is 13.3 Å². The second kappa shape index (κ2) is 7.33. The first kappa shape index (κ1) is 15.0. The Labute approximate surface area is 94.4 Å². The Morgan fingerprint density at radius 3 is 2.44 bits per heavy atom. The van der Waals surface area contributed by atoms with Crippen molar-refractivity contribution in [1.82, 2.24) is 5.32 Å². The molecule has 0 radical (unpaired) electrons. The molecule has 0 saturated carbocycles. The maximum atomic E-state index is 11.1. The van der Waals surface area contributed by atoms with Gasteiger partial charge in [0.2, 0.25) is 5.91 Å². The summed E-state index contributed by atoms with van der Waals surface area (Å²) in [7, 11) is -4.02. The highest BCUT2D eigenvalue weighted by molar-refractivity contribution is 6.56. The van der Waals surface area contributed by atoms with Gasteiger partial charge in [-0.3, -0.25) is 9.59 Å². The Morgan fingerprint density at radius 1 is 1.31 bits per heavy atom. The Balaban J connectivity index is 3.55. The lowest BCUT2D eigenvalue weighted by Gasteiger charge is -2.09. The van der Waals surface area contributed by atoms with Crippen LogP contribution in [0.15, 0.2) is 0 Å². The molecule has 16 heavy (non-hydrogen) atoms. The topological polar surface area (TPSA) is 116 Å². The molecule has 0 aliphatic heterocycles. The number of esters is 1. The first-order valence-electron chi connectivity index (χ1n) is 4.94. The molecule has 7 nitrogen and oxygen atoms in total. The van der Waals surface area contributed by atoms with Gasteiger partial charge in [-0.25, -0.2) is 0 Å². The fourth-order valence-electron chi connectivity index (χ4n) is 0.959. The summed E-state index contributed by atoms with van der Waals surface area (Å²) < 4.78 is 4.56. The molecule has 0 aromatic heterocycles. The van der Waals surface area contributed by atoms with E-state index >= 15 is 0 Å². The summed E-state index contributed by atoms with van der Waals surface area (Å²) in [5, 5.41) is 2.39. The molecule has 0 spiro atoms. The van der Waals surface area contributed by atoms with E-state index in [9.17, 15) is 9.59 Å². The van der Waals surface area contributed by atoms with Crippen molar-refractivity contribution in [3.05, 3.63) is 0 Å². The molecule has 0 bridgehead atoms. The predicted molar refractivity (Wildman–Crippen MR) is 56.1 cm³/mol. The number of hydrogen-bond donors (Lipinski definition) is 4. The second-order valence-corrected chi connectivity index (χ2v) is 5.26. The average Bonchev–Trinajstić information content (AvgIpc) is 2.11. The fraction of sp³-hybridized carbons (Fsp3) is 0.750. The maximum Gasteiger partial charge on any atom is 0.492 e. The van der Waals surface area contributed by atoms with Gasteiger partial charge in [-0.2, -0.15) is 0 Å². The van der Waals surface area contributed by atoms with Gasteiger partial charge in [0.15, 0.2) is 0 Å². The van der Waals surface area contributed by atoms with E-state index in [0.717, 1.165) is 0 Å². The Bertz CT molecular complexity index is 239. The molecule has 0 aromatic rings. The first-order valence-corrected chi connectivity index (χ1v) is 6.99. The van der Waals surface area contributed by atoms with Gasteiger partial charge in [-0.15, -0.1) is 0 Å². The van der Waals surface area contributed by atoms with Crippen LogP contribution < -0.4 is 5.32 Å². The standard InChI is InChI=1S/C8H17NO6Si/c1-2-15-8(11)6-7(10)9-4-3-5-16(12,13)14/h12-14H,2-6H2,1H3,(H,9,10). The summed E-state index contributed by atoms with van der Waals surface area (Å²) in [4.78, 5) is 47.9. The normalized spacial score (nSPS) is 11.0. The zero-order valence-corrected chi connectivity index (χ0v) is 10.1. The number of nitrogens with one attached hydrogen (secondary N) is 1. The monoisotopic (exact) mass is 251 g/mol. The average molecular weight is 251 g/mol. The molecule has 0 saturated heterocycles. The highest BCUT2D eigenvalue weighted by atomic mass is 28.4. The molecule has 0 aromatic carbocycles. The van der Waals surface area contributed by atoms with E-state index in [1.54, 1.807) is 6.92 Å². The summed E-state index contributed by atoms with van der Waals surface area (Å²) in [5.41, 5.74) is 0. The van der Waals surface area contributed by atoms with Crippen molar-refractivity contribution in [2.45, 2.75) is 25.8 Å². The highest BCUT2D eigenvalue weighted by Crippen LogP contribution is 1.99. The van der Waals surface area contributed by atoms with Crippen LogP contribution >= 0.6 is 0 Å². The van der Waals surface area contributed by atoms with Crippen LogP contribution in [-0.4, -0.2) is 48.2 Å². The van der Waals surface area contributed by atoms with Crippen molar-refractivity contribution in [3.63, 3.8) is 0 Å². The largest absolute Gasteiger partial charge is 0.492 e. The Morgan fingerprint density at radius 2 is 1.94 bits per heavy atom. The van der Waals surface area contributed by atoms with Gasteiger partial charge >= 0.3 is 14.8 Å². The minimum Gasteiger partial charge on any atom is -0.466 e. The third-order valence-electron chi connectivity index (χ3n) is 1.62. The van der Waals surface area contributed by atoms with Crippen molar-refractivity contribution in [2.75, 3.05) is 13.2 Å². The lowest BCUT2D eigenvalue weighted by atomic mass is 10.4. The summed E-state index contributed by atoms with van der Waals surface area (Å²) in [6, 6.07) is -0.146. The zero-order chi connectivity index (χ0) is 12.6. The van der Waals surface area contributed by atoms with Gasteiger partial charge in [-0.1, -0.05) is 0 Å². The molecule has 0 atom stereocenters. The highest BCUT2D eigenvalue weighted by Gasteiger charge is 2.25. The zero-order valence-electron chi connectivity index (χ0n) is 9.10. The predicted octanol–water partition coefficient (Wildman–Crippen LogP) is -1.64. The van der Waals surface area contributed by atoms with Crippen LogP contribution in [0.2, 0.25) is 6.04 Å². The van der Waals surface area contributed by atoms with Gasteiger partial charge in [0.1, 0.15) is 6.42 Å². The fourth-order valence-corrected chi connectivity index (χ4v) is 1.61. The van der Waals surface area contributed by atoms with Crippen LogP contribution in [0.5, 0.6) is 0 Å². The van der Waals surface area contributed by atoms with E-state index in [0.29, 0.717) is 0 Å². The van der Waals surface area contributed by atoms with Gasteiger partial charge < -0.3 is 24.4 Å². The maximum absolute atomic E-state index is 11.1. The molecule has 0 aliphatic carbocycles. The number of amides is 1. The van der Waals surface area contributed by atoms with Crippen molar-refractivity contribution < 1.29 is 28.7 Å². The van der Waals surface area contributed by atoms with Crippen LogP contribution in [0.1, 0.15) is 19.8 Å². The van der Waals surface area contributed by atoms with Crippen LogP contribution in [0, 0.1) is 0 Å². The number of ether oxygens (including phenoxy) is 1. The molecular formula is C8H17NO6Si. The van der Waals surface area contributed by atoms with E-state index < -0.39 is 20.7 Å². The van der Waals surface area contributed by atoms with Crippen molar-refractivity contribution in [1.29, 1.82) is 0 Å². The van der Waals surface area contributed by atoms with E-state index in [-0.39, 0.29) is 32.0 Å². The third-order valence-corrected chi connectivity index (χ3v) is 2.65. The lowest BCUT2D eigenvalue weighted by Crippen LogP contribution is -2.36. The molecular weight excluding hydrogens is 234 g/mol. The Kier molecular flexibility index (Phi) is 6.89. The number of carbonyl (C=O) groups is 2. The molecule has 0 fully saturated rings. The lowest BCUT2D eigenvalue weighted by molar-refractivity contribution is -0.145. The summed E-state index contributed by atoms with van der Waals surface area (Å²) in [6.07, 6.45) is -0.113. The van der Waals surface area contributed by atoms with E-state index in [2.05, 4.69) is 10.1 Å². The molecule has 8 heteroatoms. The van der Waals surface area contributed by atoms with Gasteiger partial charge in [0.05, 0.1) is 6.61 Å². The summed E-state index contributed by atoms with van der Waals surface area (Å²) in [5.74, 6) is -1.09. The van der Waals surface area contributed by atoms with Crippen LogP contribution in [0.25, 0.3) is 0 Å². The second-order valence-electron chi connectivity index (χ2n) is 3.21. The van der Waals surface area contributed by atoms with E-state index in [1.165, 1.54) is 0 Å². The number of rotatable bonds is 7. The molecule has 4 N–H and O–H groups in total. The van der Waals surface area contributed by atoms with Crippen LogP contribution in [0.3, 0.4) is 0 Å². The summed E-state index contributed by atoms with van der Waals surface area (Å²) in [6.45, 7) is 2.04. The molecule has 0 unspecified atom stereocenters. The van der Waals surface area contributed by atoms with Gasteiger partial charge in [0, 0.05) is 12.6 Å². The van der Waals surface area contributed by atoms with Crippen molar-refractivity contribution >= 4 is 20.7 Å². The number of hydrogen-bond acceptors (Lipinski definition) is 6. The molecule has 0 aliphatic rings. The van der Waals surface area contributed by atoms with E-state index in [4.69, 9.17) is 14.4 Å². The van der Waals surface area contributed by atoms with Crippen molar-refractivity contribution in [3.8, 4) is 0 Å². The van der Waals surface area contributed by atoms with Gasteiger partial charge in [0.25, 0.3) is 0 Å². The minimum atomic E-state index is -4.02. The molecule has 1 amide bonds. The van der Waals surface area contributed by atoms with Crippen LogP contribution in [-0.2, 0) is 14.3 Å². The smallest absolute Gasteiger partial charge is 0.466 e.